The summed E-state index contributed by atoms with van der Waals surface area (Å²) in [5.74, 6) is 0. The summed E-state index contributed by atoms with van der Waals surface area (Å²) in [6, 6.07) is 0. The van der Waals surface area contributed by atoms with Crippen LogP contribution in [0.25, 0.3) is 0 Å². The summed E-state index contributed by atoms with van der Waals surface area (Å²) in [6.07, 6.45) is 4.62. The first-order chi connectivity index (χ1) is 8.02. The van der Waals surface area contributed by atoms with Gasteiger partial charge in [-0.3, -0.25) is 0 Å². The average molecular weight is 326 g/mol. The predicted octanol–water partition coefficient (Wildman–Crippen LogP) is 2.61. The first kappa shape index (κ1) is 15.6. The summed E-state index contributed by atoms with van der Waals surface area (Å²) in [4.78, 5) is 4.76. The van der Waals surface area contributed by atoms with Gasteiger partial charge in [-0.25, -0.2) is 6.08 Å². The number of rotatable bonds is 1. The molecule has 0 amide bonds. The van der Waals surface area contributed by atoms with E-state index in [0.29, 0.717) is 0 Å². The van der Waals surface area contributed by atoms with Gasteiger partial charge in [-0.2, -0.15) is 5.20 Å². The van der Waals surface area contributed by atoms with Gasteiger partial charge in [-0.05, 0) is 7.05 Å². The molecule has 0 bridgehead atoms. The Morgan fingerprint density at radius 2 is 1.71 bits per heavy atom. The van der Waals surface area contributed by atoms with Gasteiger partial charge in [0.15, 0.2) is 0 Å². The second kappa shape index (κ2) is 7.25. The third-order valence-electron chi connectivity index (χ3n) is 3.21. The fourth-order valence-corrected chi connectivity index (χ4v) is 3.66. The first-order valence-corrected chi connectivity index (χ1v) is 12.9. The van der Waals surface area contributed by atoms with Crippen molar-refractivity contribution >= 4 is 27.4 Å². The fraction of sp³-hybridized carbons (Fsp3) is 0.636. The van der Waals surface area contributed by atoms with E-state index in [4.69, 9.17) is 18.6 Å². The van der Waals surface area contributed by atoms with Crippen molar-refractivity contribution in [2.75, 3.05) is 27.2 Å². The Kier molecular flexibility index (Phi) is 6.67. The maximum absolute atomic E-state index is 4.89. The topological polar surface area (TPSA) is 6.48 Å². The van der Waals surface area contributed by atoms with Crippen LogP contribution in [-0.2, 0) is 17.0 Å². The number of fused-ring (bicyclic) bond motifs is 1. The van der Waals surface area contributed by atoms with Crippen LogP contribution in [-0.4, -0.2) is 45.8 Å². The molecule has 0 unspecified atom stereocenters. The van der Waals surface area contributed by atoms with Crippen molar-refractivity contribution in [3.63, 3.8) is 0 Å². The summed E-state index contributed by atoms with van der Waals surface area (Å²) in [6.45, 7) is 7.11. The van der Waals surface area contributed by atoms with Gasteiger partial charge in [0.1, 0.15) is 0 Å². The molecule has 1 fully saturated rings. The first-order valence-electron chi connectivity index (χ1n) is 5.75. The second-order valence-corrected chi connectivity index (χ2v) is 10.2. The molecule has 0 N–H and O–H groups in total. The van der Waals surface area contributed by atoms with Crippen molar-refractivity contribution in [3.05, 3.63) is 22.7 Å². The summed E-state index contributed by atoms with van der Waals surface area (Å²) < 4.78 is 0. The molecule has 1 aliphatic heterocycles. The summed E-state index contributed by atoms with van der Waals surface area (Å²) >= 11 is -0.556. The number of piperazine rings is 1. The average Bonchev–Trinajstić information content (AvgIpc) is 2.70. The number of halogens is 2. The summed E-state index contributed by atoms with van der Waals surface area (Å²) in [5, 5.41) is 1.69. The van der Waals surface area contributed by atoms with Crippen LogP contribution < -0.4 is 0 Å². The van der Waals surface area contributed by atoms with E-state index >= 15 is 0 Å². The maximum atomic E-state index is 4.89. The zero-order valence-electron chi connectivity index (χ0n) is 10.8. The van der Waals surface area contributed by atoms with E-state index in [-0.39, 0.29) is 0 Å². The minimum absolute atomic E-state index is 0.556. The van der Waals surface area contributed by atoms with E-state index in [1.807, 2.05) is 0 Å². The third kappa shape index (κ3) is 3.77. The van der Waals surface area contributed by atoms with Crippen LogP contribution in [0.4, 0.5) is 0 Å². The standard InChI is InChI=1S/C11H19N2Si.2ClH.Ti/c1-12-7-8-13(2)11-9(12)5-6-10(11)14(3)4;;;/h14H,6-8H2,1-4H3;2*1H;/q-1;;;+2/p-2. The second-order valence-electron chi connectivity index (χ2n) is 4.65. The van der Waals surface area contributed by atoms with E-state index < -0.39 is 25.8 Å². The van der Waals surface area contributed by atoms with Crippen LogP contribution in [0.3, 0.4) is 0 Å². The van der Waals surface area contributed by atoms with Crippen molar-refractivity contribution < 1.29 is 17.0 Å². The van der Waals surface area contributed by atoms with Crippen molar-refractivity contribution in [1.29, 1.82) is 0 Å². The summed E-state index contributed by atoms with van der Waals surface area (Å²) in [5.41, 5.74) is 2.86. The zero-order chi connectivity index (χ0) is 13.0. The fourth-order valence-electron chi connectivity index (χ4n) is 2.24. The Morgan fingerprint density at radius 3 is 2.24 bits per heavy atom. The van der Waals surface area contributed by atoms with Crippen molar-refractivity contribution in [2.45, 2.75) is 19.5 Å². The molecule has 1 saturated heterocycles. The number of hydrogen-bond acceptors (Lipinski definition) is 2. The van der Waals surface area contributed by atoms with Gasteiger partial charge in [0.05, 0.1) is 0 Å². The molecule has 2 aliphatic rings. The molecule has 0 aromatic heterocycles. The molecule has 96 valence electrons. The molecular weight excluding hydrogens is 307 g/mol. The van der Waals surface area contributed by atoms with Gasteiger partial charge in [0, 0.05) is 28.9 Å². The Morgan fingerprint density at radius 1 is 1.18 bits per heavy atom. The number of likely N-dealkylation sites (N-methyl/N-ethyl adjacent to an activating group) is 2. The molecular formula is C11H19Cl2N2SiTi-. The molecule has 0 aromatic carbocycles. The molecule has 2 rings (SSSR count). The molecule has 0 radical (unpaired) electrons. The van der Waals surface area contributed by atoms with Gasteiger partial charge < -0.3 is 9.80 Å². The van der Waals surface area contributed by atoms with Crippen molar-refractivity contribution in [1.82, 2.24) is 9.80 Å². The predicted molar refractivity (Wildman–Crippen MR) is 74.2 cm³/mol. The van der Waals surface area contributed by atoms with E-state index in [1.54, 1.807) is 5.20 Å². The minimum atomic E-state index is -0.655. The Balaban J connectivity index is 0.000000437. The normalized spacial score (nSPS) is 18.9. The molecule has 0 aromatic rings. The van der Waals surface area contributed by atoms with Crippen molar-refractivity contribution in [3.8, 4) is 0 Å². The molecule has 6 heteroatoms. The molecule has 1 aliphatic carbocycles. The van der Waals surface area contributed by atoms with Crippen LogP contribution in [0, 0.1) is 6.08 Å². The SMILES string of the molecule is CN1CCN(C)C2=C([SiH](C)C)C[C-]=C21.[Cl][Ti][Cl]. The molecule has 0 saturated carbocycles. The van der Waals surface area contributed by atoms with E-state index in [2.05, 4.69) is 43.1 Å². The third-order valence-corrected chi connectivity index (χ3v) is 5.08. The Hall–Kier alpha value is 0.591. The quantitative estimate of drug-likeness (QED) is 0.540. The Bertz CT molecular complexity index is 331. The van der Waals surface area contributed by atoms with Gasteiger partial charge in [0.2, 0.25) is 0 Å². The van der Waals surface area contributed by atoms with Crippen molar-refractivity contribution in [2.24, 2.45) is 0 Å². The van der Waals surface area contributed by atoms with Crippen LogP contribution >= 0.6 is 18.6 Å². The van der Waals surface area contributed by atoms with Crippen LogP contribution in [0.5, 0.6) is 0 Å². The van der Waals surface area contributed by atoms with Gasteiger partial charge >= 0.3 is 35.6 Å². The van der Waals surface area contributed by atoms with Gasteiger partial charge in [-0.15, -0.1) is 12.1 Å². The van der Waals surface area contributed by atoms with E-state index in [9.17, 15) is 0 Å². The number of hydrogen-bond donors (Lipinski definition) is 0. The van der Waals surface area contributed by atoms with Crippen LogP contribution in [0.1, 0.15) is 6.42 Å². The van der Waals surface area contributed by atoms with E-state index in [0.717, 1.165) is 19.5 Å². The molecule has 17 heavy (non-hydrogen) atoms. The molecule has 0 atom stereocenters. The van der Waals surface area contributed by atoms with Crippen LogP contribution in [0.15, 0.2) is 16.6 Å². The number of allylic oxidation sites excluding steroid dienone is 2. The van der Waals surface area contributed by atoms with Gasteiger partial charge in [-0.1, -0.05) is 18.8 Å². The summed E-state index contributed by atoms with van der Waals surface area (Å²) in [7, 11) is 13.5. The zero-order valence-corrected chi connectivity index (χ0v) is 15.1. The molecule has 1 heterocycles. The van der Waals surface area contributed by atoms with Gasteiger partial charge in [0.25, 0.3) is 0 Å². The van der Waals surface area contributed by atoms with Crippen LogP contribution in [0.2, 0.25) is 13.1 Å². The molecule has 0 spiro atoms. The van der Waals surface area contributed by atoms with E-state index in [1.165, 1.54) is 11.4 Å². The molecule has 2 nitrogen and oxygen atoms in total. The number of nitrogens with zero attached hydrogens (tertiary/aromatic N) is 2. The monoisotopic (exact) mass is 325 g/mol. The Labute approximate surface area is 123 Å².